The van der Waals surface area contributed by atoms with Crippen molar-refractivity contribution in [2.75, 3.05) is 5.73 Å². The average Bonchev–Trinajstić information content (AvgIpc) is 2.35. The zero-order valence-corrected chi connectivity index (χ0v) is 11.7. The molecule has 2 N–H and O–H groups in total. The van der Waals surface area contributed by atoms with Gasteiger partial charge in [-0.2, -0.15) is 0 Å². The Morgan fingerprint density at radius 2 is 1.75 bits per heavy atom. The van der Waals surface area contributed by atoms with Gasteiger partial charge in [0.05, 0.1) is 0 Å². The van der Waals surface area contributed by atoms with E-state index in [2.05, 4.69) is 0 Å². The van der Waals surface area contributed by atoms with Gasteiger partial charge in [0.25, 0.3) is 0 Å². The van der Waals surface area contributed by atoms with Crippen LogP contribution in [0.3, 0.4) is 0 Å². The second-order valence-electron chi connectivity index (χ2n) is 5.10. The molecule has 0 fully saturated rings. The van der Waals surface area contributed by atoms with Crippen LogP contribution in [0.5, 0.6) is 11.5 Å². The minimum Gasteiger partial charge on any atom is -0.455 e. The van der Waals surface area contributed by atoms with Gasteiger partial charge >= 0.3 is 0 Å². The number of nitrogens with two attached hydrogens (primary N) is 1. The molecule has 0 saturated heterocycles. The van der Waals surface area contributed by atoms with E-state index in [9.17, 15) is 8.78 Å². The van der Waals surface area contributed by atoms with Crippen LogP contribution >= 0.6 is 0 Å². The molecule has 0 unspecified atom stereocenters. The fourth-order valence-electron chi connectivity index (χ4n) is 1.97. The van der Waals surface area contributed by atoms with E-state index in [1.54, 1.807) is 0 Å². The summed E-state index contributed by atoms with van der Waals surface area (Å²) in [5.41, 5.74) is 7.36. The van der Waals surface area contributed by atoms with Gasteiger partial charge in [-0.3, -0.25) is 0 Å². The third-order valence-electron chi connectivity index (χ3n) is 3.07. The number of halogens is 2. The first-order valence-electron chi connectivity index (χ1n) is 6.41. The Labute approximate surface area is 117 Å². The van der Waals surface area contributed by atoms with E-state index in [-0.39, 0.29) is 17.4 Å². The lowest BCUT2D eigenvalue weighted by Gasteiger charge is -2.16. The molecule has 0 aliphatic rings. The van der Waals surface area contributed by atoms with Gasteiger partial charge in [-0.05, 0) is 30.0 Å². The summed E-state index contributed by atoms with van der Waals surface area (Å²) in [6, 6.07) is 7.57. The second kappa shape index (κ2) is 5.49. The van der Waals surface area contributed by atoms with Gasteiger partial charge < -0.3 is 10.5 Å². The molecule has 0 heterocycles. The number of anilines is 1. The second-order valence-corrected chi connectivity index (χ2v) is 5.10. The number of benzene rings is 2. The first-order chi connectivity index (χ1) is 9.38. The standard InChI is InChI=1S/C16H17F2NO/c1-9(2)12-5-4-10(3)6-14(12)20-15-8-11(17)7-13(18)16(15)19/h4-9H,19H2,1-3H3. The molecule has 20 heavy (non-hydrogen) atoms. The summed E-state index contributed by atoms with van der Waals surface area (Å²) >= 11 is 0. The van der Waals surface area contributed by atoms with E-state index < -0.39 is 11.6 Å². The number of rotatable bonds is 3. The summed E-state index contributed by atoms with van der Waals surface area (Å²) in [5.74, 6) is -0.749. The molecule has 0 aliphatic heterocycles. The Bertz CT molecular complexity index is 639. The molecule has 0 radical (unpaired) electrons. The summed E-state index contributed by atoms with van der Waals surface area (Å²) in [6.45, 7) is 5.96. The fraction of sp³-hybridized carbons (Fsp3) is 0.250. The van der Waals surface area contributed by atoms with Gasteiger partial charge in [0.1, 0.15) is 17.3 Å². The topological polar surface area (TPSA) is 35.2 Å². The van der Waals surface area contributed by atoms with Crippen molar-refractivity contribution in [1.29, 1.82) is 0 Å². The average molecular weight is 277 g/mol. The lowest BCUT2D eigenvalue weighted by atomic mass is 10.0. The van der Waals surface area contributed by atoms with Crippen molar-refractivity contribution in [2.45, 2.75) is 26.7 Å². The third-order valence-corrected chi connectivity index (χ3v) is 3.07. The van der Waals surface area contributed by atoms with Crippen LogP contribution in [0.4, 0.5) is 14.5 Å². The monoisotopic (exact) mass is 277 g/mol. The molecule has 106 valence electrons. The van der Waals surface area contributed by atoms with Crippen molar-refractivity contribution in [2.24, 2.45) is 0 Å². The van der Waals surface area contributed by atoms with Gasteiger partial charge in [0.15, 0.2) is 11.6 Å². The molecule has 2 aromatic carbocycles. The van der Waals surface area contributed by atoms with Crippen LogP contribution in [-0.2, 0) is 0 Å². The number of hydrogen-bond acceptors (Lipinski definition) is 2. The number of hydrogen-bond donors (Lipinski definition) is 1. The van der Waals surface area contributed by atoms with Gasteiger partial charge in [-0.1, -0.05) is 26.0 Å². The fourth-order valence-corrected chi connectivity index (χ4v) is 1.97. The van der Waals surface area contributed by atoms with E-state index in [1.807, 2.05) is 39.0 Å². The Morgan fingerprint density at radius 1 is 1.05 bits per heavy atom. The molecular weight excluding hydrogens is 260 g/mol. The number of aryl methyl sites for hydroxylation is 1. The van der Waals surface area contributed by atoms with Crippen LogP contribution in [0.1, 0.15) is 30.9 Å². The van der Waals surface area contributed by atoms with Gasteiger partial charge in [-0.15, -0.1) is 0 Å². The van der Waals surface area contributed by atoms with Crippen LogP contribution in [-0.4, -0.2) is 0 Å². The molecule has 0 spiro atoms. The highest BCUT2D eigenvalue weighted by molar-refractivity contribution is 5.56. The molecular formula is C16H17F2NO. The molecule has 0 aromatic heterocycles. The minimum absolute atomic E-state index is 0.00463. The number of nitrogen functional groups attached to an aromatic ring is 1. The summed E-state index contributed by atoms with van der Waals surface area (Å²) in [6.07, 6.45) is 0. The maximum atomic E-state index is 13.4. The molecule has 4 heteroatoms. The predicted molar refractivity (Wildman–Crippen MR) is 76.1 cm³/mol. The normalized spacial score (nSPS) is 10.9. The van der Waals surface area contributed by atoms with E-state index >= 15 is 0 Å². The number of ether oxygens (including phenoxy) is 1. The van der Waals surface area contributed by atoms with Crippen molar-refractivity contribution in [3.8, 4) is 11.5 Å². The largest absolute Gasteiger partial charge is 0.455 e. The Hall–Kier alpha value is -2.10. The maximum absolute atomic E-state index is 13.4. The molecule has 0 aliphatic carbocycles. The Morgan fingerprint density at radius 3 is 2.40 bits per heavy atom. The first-order valence-corrected chi connectivity index (χ1v) is 6.41. The maximum Gasteiger partial charge on any atom is 0.156 e. The van der Waals surface area contributed by atoms with E-state index in [0.29, 0.717) is 5.75 Å². The van der Waals surface area contributed by atoms with Crippen molar-refractivity contribution in [3.05, 3.63) is 53.1 Å². The molecule has 2 nitrogen and oxygen atoms in total. The van der Waals surface area contributed by atoms with Crippen molar-refractivity contribution in [3.63, 3.8) is 0 Å². The molecule has 0 saturated carbocycles. The Balaban J connectivity index is 2.47. The van der Waals surface area contributed by atoms with Crippen molar-refractivity contribution >= 4 is 5.69 Å². The molecule has 2 rings (SSSR count). The summed E-state index contributed by atoms with van der Waals surface area (Å²) in [7, 11) is 0. The van der Waals surface area contributed by atoms with Crippen LogP contribution in [0.2, 0.25) is 0 Å². The van der Waals surface area contributed by atoms with E-state index in [0.717, 1.165) is 23.3 Å². The van der Waals surface area contributed by atoms with Crippen LogP contribution in [0.25, 0.3) is 0 Å². The highest BCUT2D eigenvalue weighted by Crippen LogP contribution is 2.35. The predicted octanol–water partition coefficient (Wildman–Crippen LogP) is 4.77. The van der Waals surface area contributed by atoms with Crippen LogP contribution in [0, 0.1) is 18.6 Å². The van der Waals surface area contributed by atoms with Crippen LogP contribution in [0.15, 0.2) is 30.3 Å². The summed E-state index contributed by atoms with van der Waals surface area (Å²) < 4.78 is 32.3. The molecule has 0 amide bonds. The summed E-state index contributed by atoms with van der Waals surface area (Å²) in [5, 5.41) is 0. The van der Waals surface area contributed by atoms with Crippen molar-refractivity contribution in [1.82, 2.24) is 0 Å². The van der Waals surface area contributed by atoms with Gasteiger partial charge in [0.2, 0.25) is 0 Å². The highest BCUT2D eigenvalue weighted by atomic mass is 19.1. The molecule has 0 atom stereocenters. The first kappa shape index (κ1) is 14.3. The third kappa shape index (κ3) is 2.90. The quantitative estimate of drug-likeness (QED) is 0.820. The molecule has 0 bridgehead atoms. The van der Waals surface area contributed by atoms with E-state index in [1.165, 1.54) is 0 Å². The lowest BCUT2D eigenvalue weighted by Crippen LogP contribution is -2.00. The zero-order chi connectivity index (χ0) is 14.9. The van der Waals surface area contributed by atoms with E-state index in [4.69, 9.17) is 10.5 Å². The Kier molecular flexibility index (Phi) is 3.93. The lowest BCUT2D eigenvalue weighted by molar-refractivity contribution is 0.463. The van der Waals surface area contributed by atoms with Gasteiger partial charge in [-0.25, -0.2) is 8.78 Å². The highest BCUT2D eigenvalue weighted by Gasteiger charge is 2.14. The smallest absolute Gasteiger partial charge is 0.156 e. The van der Waals surface area contributed by atoms with Gasteiger partial charge in [0, 0.05) is 12.1 Å². The zero-order valence-electron chi connectivity index (χ0n) is 11.7. The SMILES string of the molecule is Cc1ccc(C(C)C)c(Oc2cc(F)cc(F)c2N)c1. The summed E-state index contributed by atoms with van der Waals surface area (Å²) in [4.78, 5) is 0. The van der Waals surface area contributed by atoms with Crippen LogP contribution < -0.4 is 10.5 Å². The molecule has 2 aromatic rings. The van der Waals surface area contributed by atoms with Crippen molar-refractivity contribution < 1.29 is 13.5 Å². The minimum atomic E-state index is -0.821.